The first-order chi connectivity index (χ1) is 8.31. The number of hydrogen-bond donors (Lipinski definition) is 1. The molecule has 5 heteroatoms. The average Bonchev–Trinajstić information content (AvgIpc) is 2.40. The topological polar surface area (TPSA) is 67.9 Å². The van der Waals surface area contributed by atoms with Crippen molar-refractivity contribution in [3.63, 3.8) is 0 Å². The predicted molar refractivity (Wildman–Crippen MR) is 67.6 cm³/mol. The molecule has 0 aliphatic heterocycles. The van der Waals surface area contributed by atoms with Gasteiger partial charge in [0.2, 0.25) is 5.95 Å². The van der Waals surface area contributed by atoms with Gasteiger partial charge in [-0.1, -0.05) is 6.07 Å². The number of aromatic nitrogens is 3. The van der Waals surface area contributed by atoms with Crippen molar-refractivity contribution < 1.29 is 0 Å². The molecule has 2 heterocycles. The quantitative estimate of drug-likeness (QED) is 0.844. The molecule has 0 atom stereocenters. The zero-order valence-corrected chi connectivity index (χ0v) is 9.74. The van der Waals surface area contributed by atoms with E-state index in [-0.39, 0.29) is 0 Å². The molecule has 0 saturated heterocycles. The fourth-order valence-corrected chi connectivity index (χ4v) is 1.48. The number of nitrogens with zero attached hydrogens (tertiary/aromatic N) is 4. The van der Waals surface area contributed by atoms with Gasteiger partial charge < -0.3 is 10.6 Å². The van der Waals surface area contributed by atoms with Crippen molar-refractivity contribution in [3.8, 4) is 11.4 Å². The van der Waals surface area contributed by atoms with Crippen LogP contribution in [0.25, 0.3) is 11.4 Å². The largest absolute Gasteiger partial charge is 0.343 e. The van der Waals surface area contributed by atoms with Crippen molar-refractivity contribution in [2.24, 2.45) is 5.73 Å². The molecule has 0 aliphatic rings. The van der Waals surface area contributed by atoms with E-state index in [0.717, 1.165) is 17.9 Å². The molecule has 0 spiro atoms. The van der Waals surface area contributed by atoms with Gasteiger partial charge in [0, 0.05) is 32.5 Å². The highest BCUT2D eigenvalue weighted by Crippen LogP contribution is 2.15. The lowest BCUT2D eigenvalue weighted by Gasteiger charge is -2.15. The van der Waals surface area contributed by atoms with Crippen LogP contribution in [0.3, 0.4) is 0 Å². The molecule has 0 aromatic carbocycles. The monoisotopic (exact) mass is 229 g/mol. The lowest BCUT2D eigenvalue weighted by Crippen LogP contribution is -2.26. The highest BCUT2D eigenvalue weighted by Gasteiger charge is 2.06. The standard InChI is InChI=1S/C12H15N5/c1-17(9-6-13)12-15-8-5-11(16-12)10-4-2-3-7-14-10/h2-5,7-8H,6,9,13H2,1H3. The van der Waals surface area contributed by atoms with Gasteiger partial charge >= 0.3 is 0 Å². The van der Waals surface area contributed by atoms with Crippen LogP contribution >= 0.6 is 0 Å². The number of hydrogen-bond acceptors (Lipinski definition) is 5. The number of pyridine rings is 1. The van der Waals surface area contributed by atoms with Gasteiger partial charge in [-0.15, -0.1) is 0 Å². The molecule has 88 valence electrons. The second-order valence-electron chi connectivity index (χ2n) is 3.67. The average molecular weight is 229 g/mol. The smallest absolute Gasteiger partial charge is 0.225 e. The van der Waals surface area contributed by atoms with E-state index in [1.807, 2.05) is 36.2 Å². The van der Waals surface area contributed by atoms with Gasteiger partial charge in [0.1, 0.15) is 0 Å². The van der Waals surface area contributed by atoms with E-state index in [9.17, 15) is 0 Å². The van der Waals surface area contributed by atoms with Gasteiger partial charge in [-0.2, -0.15) is 0 Å². The molecule has 2 aromatic heterocycles. The second kappa shape index (κ2) is 5.36. The third-order valence-electron chi connectivity index (χ3n) is 2.38. The van der Waals surface area contributed by atoms with Gasteiger partial charge in [0.15, 0.2) is 0 Å². The van der Waals surface area contributed by atoms with E-state index in [2.05, 4.69) is 15.0 Å². The first-order valence-corrected chi connectivity index (χ1v) is 5.47. The third-order valence-corrected chi connectivity index (χ3v) is 2.38. The predicted octanol–water partition coefficient (Wildman–Crippen LogP) is 0.933. The molecule has 0 unspecified atom stereocenters. The summed E-state index contributed by atoms with van der Waals surface area (Å²) in [7, 11) is 1.92. The summed E-state index contributed by atoms with van der Waals surface area (Å²) in [5, 5.41) is 0. The first kappa shape index (κ1) is 11.5. The summed E-state index contributed by atoms with van der Waals surface area (Å²) in [6.07, 6.45) is 3.49. The summed E-state index contributed by atoms with van der Waals surface area (Å²) in [5.74, 6) is 0.665. The maximum atomic E-state index is 5.51. The number of likely N-dealkylation sites (N-methyl/N-ethyl adjacent to an activating group) is 1. The van der Waals surface area contributed by atoms with Crippen LogP contribution in [-0.4, -0.2) is 35.1 Å². The second-order valence-corrected chi connectivity index (χ2v) is 3.67. The molecule has 0 aliphatic carbocycles. The Kier molecular flexibility index (Phi) is 3.62. The lowest BCUT2D eigenvalue weighted by molar-refractivity contribution is 0.846. The maximum absolute atomic E-state index is 5.51. The Hall–Kier alpha value is -2.01. The summed E-state index contributed by atoms with van der Waals surface area (Å²) in [4.78, 5) is 14.9. The normalized spacial score (nSPS) is 10.2. The van der Waals surface area contributed by atoms with Crippen LogP contribution < -0.4 is 10.6 Å². The summed E-state index contributed by atoms with van der Waals surface area (Å²) >= 11 is 0. The van der Waals surface area contributed by atoms with Crippen molar-refractivity contribution in [3.05, 3.63) is 36.7 Å². The number of anilines is 1. The Morgan fingerprint density at radius 3 is 2.71 bits per heavy atom. The van der Waals surface area contributed by atoms with Crippen molar-refractivity contribution in [1.29, 1.82) is 0 Å². The fraction of sp³-hybridized carbons (Fsp3) is 0.250. The maximum Gasteiger partial charge on any atom is 0.225 e. The minimum Gasteiger partial charge on any atom is -0.343 e. The minimum absolute atomic E-state index is 0.577. The molecule has 2 rings (SSSR count). The molecule has 0 bridgehead atoms. The lowest BCUT2D eigenvalue weighted by atomic mass is 10.2. The molecule has 0 fully saturated rings. The Balaban J connectivity index is 2.29. The van der Waals surface area contributed by atoms with E-state index in [1.165, 1.54) is 0 Å². The van der Waals surface area contributed by atoms with Crippen LogP contribution in [0.1, 0.15) is 0 Å². The van der Waals surface area contributed by atoms with Crippen LogP contribution in [0.2, 0.25) is 0 Å². The summed E-state index contributed by atoms with van der Waals surface area (Å²) in [6.45, 7) is 1.30. The highest BCUT2D eigenvalue weighted by molar-refractivity contribution is 5.54. The van der Waals surface area contributed by atoms with Gasteiger partial charge in [-0.3, -0.25) is 4.98 Å². The molecule has 0 amide bonds. The Morgan fingerprint density at radius 2 is 2.00 bits per heavy atom. The third kappa shape index (κ3) is 2.76. The van der Waals surface area contributed by atoms with Crippen molar-refractivity contribution in [1.82, 2.24) is 15.0 Å². The van der Waals surface area contributed by atoms with Gasteiger partial charge in [0.25, 0.3) is 0 Å². The number of nitrogens with two attached hydrogens (primary N) is 1. The molecular weight excluding hydrogens is 214 g/mol. The van der Waals surface area contributed by atoms with E-state index in [0.29, 0.717) is 12.5 Å². The van der Waals surface area contributed by atoms with Crippen LogP contribution in [-0.2, 0) is 0 Å². The number of rotatable bonds is 4. The highest BCUT2D eigenvalue weighted by atomic mass is 15.2. The SMILES string of the molecule is CN(CCN)c1nccc(-c2ccccn2)n1. The zero-order chi connectivity index (χ0) is 12.1. The van der Waals surface area contributed by atoms with Gasteiger partial charge in [0.05, 0.1) is 11.4 Å². The van der Waals surface area contributed by atoms with Crippen LogP contribution in [0.4, 0.5) is 5.95 Å². The molecule has 0 radical (unpaired) electrons. The Labute approximate surface area is 100 Å². The van der Waals surface area contributed by atoms with E-state index < -0.39 is 0 Å². The van der Waals surface area contributed by atoms with E-state index in [1.54, 1.807) is 12.4 Å². The molecule has 0 saturated carbocycles. The Bertz CT molecular complexity index is 471. The van der Waals surface area contributed by atoms with Crippen LogP contribution in [0.5, 0.6) is 0 Å². The van der Waals surface area contributed by atoms with Gasteiger partial charge in [-0.25, -0.2) is 9.97 Å². The first-order valence-electron chi connectivity index (χ1n) is 5.47. The molecule has 17 heavy (non-hydrogen) atoms. The minimum atomic E-state index is 0.577. The zero-order valence-electron chi connectivity index (χ0n) is 9.74. The van der Waals surface area contributed by atoms with E-state index >= 15 is 0 Å². The molecule has 2 N–H and O–H groups in total. The molecule has 2 aromatic rings. The van der Waals surface area contributed by atoms with Crippen molar-refractivity contribution >= 4 is 5.95 Å². The Morgan fingerprint density at radius 1 is 1.12 bits per heavy atom. The summed E-state index contributed by atoms with van der Waals surface area (Å²) in [6, 6.07) is 7.59. The van der Waals surface area contributed by atoms with Gasteiger partial charge in [-0.05, 0) is 18.2 Å². The molecular formula is C12H15N5. The van der Waals surface area contributed by atoms with Crippen molar-refractivity contribution in [2.45, 2.75) is 0 Å². The fourth-order valence-electron chi connectivity index (χ4n) is 1.48. The van der Waals surface area contributed by atoms with E-state index in [4.69, 9.17) is 5.73 Å². The van der Waals surface area contributed by atoms with Crippen molar-refractivity contribution in [2.75, 3.05) is 25.0 Å². The summed E-state index contributed by atoms with van der Waals surface area (Å²) < 4.78 is 0. The van der Waals surface area contributed by atoms with Crippen LogP contribution in [0.15, 0.2) is 36.7 Å². The molecule has 5 nitrogen and oxygen atoms in total. The summed E-state index contributed by atoms with van der Waals surface area (Å²) in [5.41, 5.74) is 7.17. The van der Waals surface area contributed by atoms with Crippen LogP contribution in [0, 0.1) is 0 Å².